The Bertz CT molecular complexity index is 274. The third-order valence-corrected chi connectivity index (χ3v) is 5.86. The van der Waals surface area contributed by atoms with Gasteiger partial charge in [-0.15, -0.1) is 0 Å². The zero-order valence-electron chi connectivity index (χ0n) is 10.6. The highest BCUT2D eigenvalue weighted by Crippen LogP contribution is 2.46. The van der Waals surface area contributed by atoms with E-state index in [0.717, 1.165) is 25.2 Å². The van der Waals surface area contributed by atoms with E-state index in [0.29, 0.717) is 11.7 Å². The normalized spacial score (nSPS) is 11.2. The summed E-state index contributed by atoms with van der Waals surface area (Å²) in [7, 11) is -2.11. The van der Waals surface area contributed by atoms with Crippen LogP contribution in [0.2, 0.25) is 0 Å². The number of carbonyl (C=O) groups excluding carboxylic acids is 1. The lowest BCUT2D eigenvalue weighted by Gasteiger charge is -2.16. The molecule has 0 aliphatic carbocycles. The maximum Gasteiger partial charge on any atom is 0.333 e. The lowest BCUT2D eigenvalue weighted by Crippen LogP contribution is -2.11. The fraction of sp³-hybridized carbons (Fsp3) is 0.750. The number of esters is 1. The van der Waals surface area contributed by atoms with E-state index in [1.54, 1.807) is 6.92 Å². The first-order valence-electron chi connectivity index (χ1n) is 5.85. The second-order valence-electron chi connectivity index (χ2n) is 4.15. The average Bonchev–Trinajstić information content (AvgIpc) is 2.17. The van der Waals surface area contributed by atoms with Gasteiger partial charge in [-0.1, -0.05) is 20.4 Å². The monoisotopic (exact) mass is 246 g/mol. The average molecular weight is 246 g/mol. The Labute approximate surface area is 98.6 Å². The van der Waals surface area contributed by atoms with Crippen LogP contribution in [0.5, 0.6) is 0 Å². The van der Waals surface area contributed by atoms with Crippen molar-refractivity contribution < 1.29 is 14.1 Å². The van der Waals surface area contributed by atoms with Crippen LogP contribution < -0.4 is 0 Å². The van der Waals surface area contributed by atoms with Crippen LogP contribution in [0.4, 0.5) is 0 Å². The molecule has 0 fully saturated rings. The van der Waals surface area contributed by atoms with E-state index >= 15 is 0 Å². The second-order valence-corrected chi connectivity index (χ2v) is 7.60. The molecule has 0 saturated carbocycles. The molecule has 0 radical (unpaired) electrons. The highest BCUT2D eigenvalue weighted by Gasteiger charge is 2.20. The highest BCUT2D eigenvalue weighted by atomic mass is 31.2. The SMILES string of the molecule is C=C(C)C(=O)OCCP(=O)(CCC)CCC. The van der Waals surface area contributed by atoms with Gasteiger partial charge in [0, 0.05) is 24.1 Å². The summed E-state index contributed by atoms with van der Waals surface area (Å²) in [5, 5.41) is 0. The Balaban J connectivity index is 4.08. The minimum absolute atomic E-state index is 0.253. The molecule has 16 heavy (non-hydrogen) atoms. The molecule has 94 valence electrons. The number of ether oxygens (including phenoxy) is 1. The zero-order valence-corrected chi connectivity index (χ0v) is 11.5. The minimum Gasteiger partial charge on any atom is -0.462 e. The molecule has 0 heterocycles. The fourth-order valence-corrected chi connectivity index (χ4v) is 4.30. The molecule has 0 aromatic carbocycles. The second kappa shape index (κ2) is 7.67. The van der Waals surface area contributed by atoms with Gasteiger partial charge in [-0.25, -0.2) is 4.79 Å². The van der Waals surface area contributed by atoms with Crippen LogP contribution >= 0.6 is 7.14 Å². The number of hydrogen-bond acceptors (Lipinski definition) is 3. The van der Waals surface area contributed by atoms with E-state index in [4.69, 9.17) is 4.74 Å². The molecule has 0 spiro atoms. The molecular weight excluding hydrogens is 223 g/mol. The first-order valence-corrected chi connectivity index (χ1v) is 8.11. The fourth-order valence-electron chi connectivity index (χ4n) is 1.58. The van der Waals surface area contributed by atoms with Crippen molar-refractivity contribution in [2.75, 3.05) is 25.1 Å². The first kappa shape index (κ1) is 15.4. The largest absolute Gasteiger partial charge is 0.462 e. The molecular formula is C12H23O3P. The van der Waals surface area contributed by atoms with Crippen LogP contribution in [0.25, 0.3) is 0 Å². The van der Waals surface area contributed by atoms with Gasteiger partial charge in [-0.2, -0.15) is 0 Å². The van der Waals surface area contributed by atoms with Crippen molar-refractivity contribution in [3.63, 3.8) is 0 Å². The standard InChI is InChI=1S/C12H23O3P/c1-5-8-16(14,9-6-2)10-7-15-12(13)11(3)4/h3,5-10H2,1-2,4H3. The maximum atomic E-state index is 12.4. The predicted octanol–water partition coefficient (Wildman–Crippen LogP) is 3.29. The highest BCUT2D eigenvalue weighted by molar-refractivity contribution is 7.63. The molecule has 0 rings (SSSR count). The Morgan fingerprint density at radius 2 is 1.69 bits per heavy atom. The topological polar surface area (TPSA) is 43.4 Å². The molecule has 0 aromatic rings. The molecule has 0 aromatic heterocycles. The first-order chi connectivity index (χ1) is 7.45. The molecule has 0 saturated heterocycles. The van der Waals surface area contributed by atoms with Crippen LogP contribution in [-0.4, -0.2) is 31.1 Å². The van der Waals surface area contributed by atoms with E-state index in [1.807, 2.05) is 13.8 Å². The van der Waals surface area contributed by atoms with E-state index in [2.05, 4.69) is 6.58 Å². The van der Waals surface area contributed by atoms with Crippen molar-refractivity contribution in [3.8, 4) is 0 Å². The summed E-state index contributed by atoms with van der Waals surface area (Å²) in [6, 6.07) is 0. The van der Waals surface area contributed by atoms with Crippen LogP contribution in [0.1, 0.15) is 33.6 Å². The summed E-state index contributed by atoms with van der Waals surface area (Å²) in [5.74, 6) is -0.389. The maximum absolute atomic E-state index is 12.4. The Morgan fingerprint density at radius 3 is 2.06 bits per heavy atom. The van der Waals surface area contributed by atoms with Crippen molar-refractivity contribution in [2.45, 2.75) is 33.6 Å². The van der Waals surface area contributed by atoms with E-state index in [-0.39, 0.29) is 12.6 Å². The molecule has 0 amide bonds. The molecule has 0 unspecified atom stereocenters. The molecule has 0 aliphatic rings. The lowest BCUT2D eigenvalue weighted by atomic mass is 10.4. The zero-order chi connectivity index (χ0) is 12.6. The summed E-state index contributed by atoms with van der Waals surface area (Å²) >= 11 is 0. The van der Waals surface area contributed by atoms with Gasteiger partial charge in [0.25, 0.3) is 0 Å². The summed E-state index contributed by atoms with van der Waals surface area (Å²) in [5.41, 5.74) is 0.390. The minimum atomic E-state index is -2.11. The molecule has 4 heteroatoms. The van der Waals surface area contributed by atoms with E-state index in [9.17, 15) is 9.36 Å². The van der Waals surface area contributed by atoms with Gasteiger partial charge in [-0.05, 0) is 19.8 Å². The van der Waals surface area contributed by atoms with Crippen LogP contribution in [0.15, 0.2) is 12.2 Å². The van der Waals surface area contributed by atoms with Crippen molar-refractivity contribution in [1.29, 1.82) is 0 Å². The Morgan fingerprint density at radius 1 is 1.19 bits per heavy atom. The Kier molecular flexibility index (Phi) is 7.40. The van der Waals surface area contributed by atoms with Crippen LogP contribution in [-0.2, 0) is 14.1 Å². The van der Waals surface area contributed by atoms with Gasteiger partial charge in [0.1, 0.15) is 0 Å². The smallest absolute Gasteiger partial charge is 0.333 e. The van der Waals surface area contributed by atoms with E-state index in [1.165, 1.54) is 0 Å². The quantitative estimate of drug-likeness (QED) is 0.375. The summed E-state index contributed by atoms with van der Waals surface area (Å²) in [6.45, 7) is 9.42. The molecule has 0 atom stereocenters. The van der Waals surface area contributed by atoms with Gasteiger partial charge < -0.3 is 9.30 Å². The van der Waals surface area contributed by atoms with Crippen LogP contribution in [0, 0.1) is 0 Å². The van der Waals surface area contributed by atoms with Crippen molar-refractivity contribution in [1.82, 2.24) is 0 Å². The van der Waals surface area contributed by atoms with Gasteiger partial charge in [0.2, 0.25) is 0 Å². The molecule has 0 aliphatic heterocycles. The third-order valence-electron chi connectivity index (χ3n) is 2.34. The summed E-state index contributed by atoms with van der Waals surface area (Å²) in [6.07, 6.45) is 3.86. The van der Waals surface area contributed by atoms with Gasteiger partial charge in [-0.3, -0.25) is 0 Å². The number of hydrogen-bond donors (Lipinski definition) is 0. The van der Waals surface area contributed by atoms with Crippen LogP contribution in [0.3, 0.4) is 0 Å². The molecule has 0 N–H and O–H groups in total. The van der Waals surface area contributed by atoms with Gasteiger partial charge in [0.15, 0.2) is 0 Å². The number of rotatable bonds is 8. The summed E-state index contributed by atoms with van der Waals surface area (Å²) in [4.78, 5) is 11.1. The summed E-state index contributed by atoms with van der Waals surface area (Å²) < 4.78 is 17.3. The molecule has 3 nitrogen and oxygen atoms in total. The Hall–Kier alpha value is -0.560. The molecule has 0 bridgehead atoms. The van der Waals surface area contributed by atoms with Gasteiger partial charge in [0.05, 0.1) is 13.7 Å². The number of carbonyl (C=O) groups is 1. The van der Waals surface area contributed by atoms with E-state index < -0.39 is 7.14 Å². The van der Waals surface area contributed by atoms with Crippen molar-refractivity contribution in [3.05, 3.63) is 12.2 Å². The van der Waals surface area contributed by atoms with Gasteiger partial charge >= 0.3 is 5.97 Å². The van der Waals surface area contributed by atoms with Crippen molar-refractivity contribution in [2.24, 2.45) is 0 Å². The predicted molar refractivity (Wildman–Crippen MR) is 68.6 cm³/mol. The lowest BCUT2D eigenvalue weighted by molar-refractivity contribution is -0.138. The van der Waals surface area contributed by atoms with Crippen molar-refractivity contribution >= 4 is 13.1 Å². The third kappa shape index (κ3) is 6.12.